The van der Waals surface area contributed by atoms with Crippen LogP contribution < -0.4 is 0 Å². The van der Waals surface area contributed by atoms with Gasteiger partial charge in [0.1, 0.15) is 23.1 Å². The van der Waals surface area contributed by atoms with Crippen molar-refractivity contribution >= 4 is 35.0 Å². The number of nitriles is 1. The summed E-state index contributed by atoms with van der Waals surface area (Å²) in [7, 11) is -1.08. The molecular formula is C14H18BrN3OSi. The summed E-state index contributed by atoms with van der Waals surface area (Å²) < 4.78 is 8.40. The summed E-state index contributed by atoms with van der Waals surface area (Å²) in [6, 6.07) is 7.09. The normalized spacial score (nSPS) is 11.8. The number of fused-ring (bicyclic) bond motifs is 1. The summed E-state index contributed by atoms with van der Waals surface area (Å²) >= 11 is 3.48. The highest BCUT2D eigenvalue weighted by Crippen LogP contribution is 2.28. The standard InChI is InChI=1S/C14H18BrN3OSi/c1-20(2,3)8-7-19-10-18-13(15)12(9-16)11-5-4-6-17-14(11)18/h4-6H,7-8,10H2,1-3H3. The molecule has 0 radical (unpaired) electrons. The van der Waals surface area contributed by atoms with Gasteiger partial charge in [-0.05, 0) is 34.1 Å². The van der Waals surface area contributed by atoms with E-state index in [0.717, 1.165) is 28.3 Å². The van der Waals surface area contributed by atoms with Crippen molar-refractivity contribution in [1.29, 1.82) is 5.26 Å². The van der Waals surface area contributed by atoms with Gasteiger partial charge in [-0.1, -0.05) is 19.6 Å². The molecule has 0 saturated heterocycles. The van der Waals surface area contributed by atoms with Crippen molar-refractivity contribution in [2.24, 2.45) is 0 Å². The lowest BCUT2D eigenvalue weighted by Gasteiger charge is -2.16. The fraction of sp³-hybridized carbons (Fsp3) is 0.429. The van der Waals surface area contributed by atoms with Gasteiger partial charge in [0.05, 0.1) is 5.56 Å². The molecule has 0 aliphatic heterocycles. The lowest BCUT2D eigenvalue weighted by Crippen LogP contribution is -2.22. The molecule has 6 heteroatoms. The molecule has 0 fully saturated rings. The minimum Gasteiger partial charge on any atom is -0.361 e. The average molecular weight is 352 g/mol. The number of ether oxygens (including phenoxy) is 1. The summed E-state index contributed by atoms with van der Waals surface area (Å²) in [6.45, 7) is 8.14. The largest absolute Gasteiger partial charge is 0.361 e. The first-order chi connectivity index (χ1) is 9.44. The van der Waals surface area contributed by atoms with Crippen LogP contribution >= 0.6 is 15.9 Å². The molecule has 4 nitrogen and oxygen atoms in total. The minimum absolute atomic E-state index is 0.417. The topological polar surface area (TPSA) is 50.8 Å². The van der Waals surface area contributed by atoms with E-state index >= 15 is 0 Å². The van der Waals surface area contributed by atoms with Gasteiger partial charge in [-0.25, -0.2) is 4.98 Å². The first-order valence-electron chi connectivity index (χ1n) is 6.54. The van der Waals surface area contributed by atoms with Gasteiger partial charge in [0, 0.05) is 26.3 Å². The van der Waals surface area contributed by atoms with Crippen molar-refractivity contribution in [2.75, 3.05) is 6.61 Å². The number of hydrogen-bond acceptors (Lipinski definition) is 3. The number of hydrogen-bond donors (Lipinski definition) is 0. The van der Waals surface area contributed by atoms with Gasteiger partial charge in [0.15, 0.2) is 0 Å². The molecule has 106 valence electrons. The summed E-state index contributed by atoms with van der Waals surface area (Å²) in [4.78, 5) is 4.35. The van der Waals surface area contributed by atoms with Crippen LogP contribution in [0.4, 0.5) is 0 Å². The Bertz CT molecular complexity index is 655. The van der Waals surface area contributed by atoms with Crippen LogP contribution in [-0.2, 0) is 11.5 Å². The number of pyridine rings is 1. The summed E-state index contributed by atoms with van der Waals surface area (Å²) in [5.41, 5.74) is 1.39. The van der Waals surface area contributed by atoms with Gasteiger partial charge in [0.25, 0.3) is 0 Å². The highest BCUT2D eigenvalue weighted by molar-refractivity contribution is 9.10. The van der Waals surface area contributed by atoms with E-state index in [-0.39, 0.29) is 0 Å². The van der Waals surface area contributed by atoms with Crippen LogP contribution in [0.1, 0.15) is 5.56 Å². The summed E-state index contributed by atoms with van der Waals surface area (Å²) in [5.74, 6) is 0. The Kier molecular flexibility index (Phi) is 4.63. The van der Waals surface area contributed by atoms with Crippen LogP contribution in [-0.4, -0.2) is 24.2 Å². The molecule has 2 aromatic rings. The minimum atomic E-state index is -1.08. The molecule has 0 atom stereocenters. The molecule has 0 amide bonds. The Balaban J connectivity index is 2.18. The van der Waals surface area contributed by atoms with Crippen LogP contribution in [0, 0.1) is 11.3 Å². The lowest BCUT2D eigenvalue weighted by molar-refractivity contribution is 0.0885. The highest BCUT2D eigenvalue weighted by Gasteiger charge is 2.16. The molecule has 0 aromatic carbocycles. The van der Waals surface area contributed by atoms with Crippen LogP contribution in [0.25, 0.3) is 11.0 Å². The molecule has 0 saturated carbocycles. The van der Waals surface area contributed by atoms with E-state index in [4.69, 9.17) is 4.74 Å². The zero-order valence-electron chi connectivity index (χ0n) is 12.0. The van der Waals surface area contributed by atoms with Gasteiger partial charge >= 0.3 is 0 Å². The molecule has 0 aliphatic carbocycles. The van der Waals surface area contributed by atoms with Gasteiger partial charge in [-0.3, -0.25) is 4.57 Å². The third kappa shape index (κ3) is 3.29. The second-order valence-electron chi connectivity index (χ2n) is 5.93. The molecule has 0 N–H and O–H groups in total. The first kappa shape index (κ1) is 15.2. The number of halogens is 1. The van der Waals surface area contributed by atoms with Crippen molar-refractivity contribution in [3.63, 3.8) is 0 Å². The maximum absolute atomic E-state index is 9.25. The van der Waals surface area contributed by atoms with E-state index < -0.39 is 8.07 Å². The van der Waals surface area contributed by atoms with Crippen molar-refractivity contribution < 1.29 is 4.74 Å². The fourth-order valence-electron chi connectivity index (χ4n) is 1.90. The van der Waals surface area contributed by atoms with Gasteiger partial charge < -0.3 is 4.74 Å². The SMILES string of the molecule is C[Si](C)(C)CCOCn1c(Br)c(C#N)c2cccnc21. The second-order valence-corrected chi connectivity index (χ2v) is 12.3. The van der Waals surface area contributed by atoms with Crippen molar-refractivity contribution in [2.45, 2.75) is 32.4 Å². The maximum Gasteiger partial charge on any atom is 0.144 e. The second kappa shape index (κ2) is 6.08. The third-order valence-corrected chi connectivity index (χ3v) is 5.61. The van der Waals surface area contributed by atoms with Crippen LogP contribution in [0.15, 0.2) is 22.9 Å². The Morgan fingerprint density at radius 1 is 1.45 bits per heavy atom. The van der Waals surface area contributed by atoms with E-state index in [0.29, 0.717) is 12.3 Å². The van der Waals surface area contributed by atoms with Crippen molar-refractivity contribution in [1.82, 2.24) is 9.55 Å². The molecule has 0 spiro atoms. The Hall–Kier alpha value is -1.16. The lowest BCUT2D eigenvalue weighted by atomic mass is 10.2. The quantitative estimate of drug-likeness (QED) is 0.604. The summed E-state index contributed by atoms with van der Waals surface area (Å²) in [6.07, 6.45) is 1.73. The zero-order chi connectivity index (χ0) is 14.8. The molecule has 0 unspecified atom stereocenters. The molecule has 2 heterocycles. The van der Waals surface area contributed by atoms with Gasteiger partial charge in [-0.15, -0.1) is 0 Å². The number of nitrogens with zero attached hydrogens (tertiary/aromatic N) is 3. The average Bonchev–Trinajstić information content (AvgIpc) is 2.65. The number of rotatable bonds is 5. The molecule has 20 heavy (non-hydrogen) atoms. The Morgan fingerprint density at radius 3 is 2.85 bits per heavy atom. The van der Waals surface area contributed by atoms with E-state index in [9.17, 15) is 5.26 Å². The monoisotopic (exact) mass is 351 g/mol. The predicted molar refractivity (Wildman–Crippen MR) is 86.3 cm³/mol. The van der Waals surface area contributed by atoms with Gasteiger partial charge in [0.2, 0.25) is 0 Å². The molecule has 0 bridgehead atoms. The zero-order valence-corrected chi connectivity index (χ0v) is 14.6. The predicted octanol–water partition coefficient (Wildman–Crippen LogP) is 3.98. The van der Waals surface area contributed by atoms with Crippen molar-refractivity contribution in [3.8, 4) is 6.07 Å². The van der Waals surface area contributed by atoms with E-state index in [1.807, 2.05) is 16.7 Å². The Morgan fingerprint density at radius 2 is 2.20 bits per heavy atom. The number of aromatic nitrogens is 2. The molecule has 2 rings (SSSR count). The highest BCUT2D eigenvalue weighted by atomic mass is 79.9. The summed E-state index contributed by atoms with van der Waals surface area (Å²) in [5, 5.41) is 10.1. The Labute approximate surface area is 128 Å². The van der Waals surface area contributed by atoms with Gasteiger partial charge in [-0.2, -0.15) is 5.26 Å². The smallest absolute Gasteiger partial charge is 0.144 e. The first-order valence-corrected chi connectivity index (χ1v) is 11.0. The van der Waals surface area contributed by atoms with Crippen LogP contribution in [0.3, 0.4) is 0 Å². The van der Waals surface area contributed by atoms with Crippen LogP contribution in [0.5, 0.6) is 0 Å². The fourth-order valence-corrected chi connectivity index (χ4v) is 3.23. The maximum atomic E-state index is 9.25. The van der Waals surface area contributed by atoms with E-state index in [2.05, 4.69) is 46.6 Å². The third-order valence-electron chi connectivity index (χ3n) is 3.08. The van der Waals surface area contributed by atoms with Crippen LogP contribution in [0.2, 0.25) is 25.7 Å². The molecule has 2 aromatic heterocycles. The van der Waals surface area contributed by atoms with Crippen molar-refractivity contribution in [3.05, 3.63) is 28.5 Å². The van der Waals surface area contributed by atoms with E-state index in [1.54, 1.807) is 6.20 Å². The molecular weight excluding hydrogens is 334 g/mol. The molecule has 0 aliphatic rings. The van der Waals surface area contributed by atoms with E-state index in [1.165, 1.54) is 0 Å².